The molecule has 2 N–H and O–H groups in total. The van der Waals surface area contributed by atoms with Crippen LogP contribution in [0.15, 0.2) is 0 Å². The smallest absolute Gasteiger partial charge is 0.393 e. The summed E-state index contributed by atoms with van der Waals surface area (Å²) in [4.78, 5) is 0. The van der Waals surface area contributed by atoms with E-state index in [-0.39, 0.29) is 19.3 Å². The van der Waals surface area contributed by atoms with Crippen LogP contribution in [0.1, 0.15) is 32.6 Å². The number of aliphatic hydroxyl groups excluding tert-OH is 1. The number of alkyl halides is 6. The van der Waals surface area contributed by atoms with Crippen molar-refractivity contribution < 1.29 is 36.6 Å². The van der Waals surface area contributed by atoms with E-state index in [9.17, 15) is 36.6 Å². The Kier molecular flexibility index (Phi) is 6.29. The lowest BCUT2D eigenvalue weighted by molar-refractivity contribution is -0.391. The molecule has 0 aliphatic carbocycles. The number of hydrogen-bond acceptors (Lipinski definition) is 3. The van der Waals surface area contributed by atoms with E-state index in [1.165, 1.54) is 0 Å². The summed E-state index contributed by atoms with van der Waals surface area (Å²) in [6, 6.07) is 1.70. The Hall–Kier alpha value is -1.01. The SMILES string of the molecule is CC(O)C(CCCCC#N)C(O)(C(F)(F)F)C(F)(F)F. The van der Waals surface area contributed by atoms with E-state index in [4.69, 9.17) is 5.26 Å². The zero-order chi connectivity index (χ0) is 16.2. The quantitative estimate of drug-likeness (QED) is 0.586. The molecule has 0 spiro atoms. The number of unbranched alkanes of at least 4 members (excludes halogenated alkanes) is 2. The van der Waals surface area contributed by atoms with Crippen LogP contribution >= 0.6 is 0 Å². The predicted molar refractivity (Wildman–Crippen MR) is 56.3 cm³/mol. The van der Waals surface area contributed by atoms with Crippen molar-refractivity contribution in [2.75, 3.05) is 0 Å². The maximum atomic E-state index is 12.7. The molecule has 2 unspecified atom stereocenters. The Morgan fingerprint density at radius 1 is 1.05 bits per heavy atom. The van der Waals surface area contributed by atoms with Gasteiger partial charge in [0.05, 0.1) is 12.2 Å². The summed E-state index contributed by atoms with van der Waals surface area (Å²) in [5, 5.41) is 26.7. The molecule has 0 aromatic rings. The molecule has 0 heterocycles. The summed E-state index contributed by atoms with van der Waals surface area (Å²) in [6.07, 6.45) is -14.7. The third-order valence-corrected chi connectivity index (χ3v) is 3.04. The number of halogens is 6. The van der Waals surface area contributed by atoms with Crippen LogP contribution in [0.3, 0.4) is 0 Å². The standard InChI is InChI=1S/C11H15F6NO2/c1-7(19)8(5-3-2-4-6-18)9(20,10(12,13)14)11(15,16)17/h7-8,19-20H,2-5H2,1H3. The van der Waals surface area contributed by atoms with Gasteiger partial charge in [0, 0.05) is 12.3 Å². The fourth-order valence-corrected chi connectivity index (χ4v) is 1.95. The van der Waals surface area contributed by atoms with Crippen molar-refractivity contribution in [3.05, 3.63) is 0 Å². The van der Waals surface area contributed by atoms with Crippen molar-refractivity contribution in [2.45, 2.75) is 56.7 Å². The summed E-state index contributed by atoms with van der Waals surface area (Å²) < 4.78 is 75.9. The topological polar surface area (TPSA) is 64.2 Å². The van der Waals surface area contributed by atoms with Crippen molar-refractivity contribution in [3.8, 4) is 6.07 Å². The highest BCUT2D eigenvalue weighted by molar-refractivity contribution is 5.01. The average Bonchev–Trinajstić information content (AvgIpc) is 2.24. The Bertz CT molecular complexity index is 330. The molecule has 0 radical (unpaired) electrons. The van der Waals surface area contributed by atoms with Gasteiger partial charge in [-0.2, -0.15) is 31.6 Å². The van der Waals surface area contributed by atoms with Crippen molar-refractivity contribution in [1.82, 2.24) is 0 Å². The molecule has 2 atom stereocenters. The average molecular weight is 307 g/mol. The fraction of sp³-hybridized carbons (Fsp3) is 0.909. The molecule has 20 heavy (non-hydrogen) atoms. The van der Waals surface area contributed by atoms with Crippen LogP contribution < -0.4 is 0 Å². The first-order valence-corrected chi connectivity index (χ1v) is 5.80. The van der Waals surface area contributed by atoms with E-state index in [1.807, 2.05) is 0 Å². The lowest BCUT2D eigenvalue weighted by Gasteiger charge is -2.40. The van der Waals surface area contributed by atoms with Gasteiger partial charge in [-0.05, 0) is 19.8 Å². The summed E-state index contributed by atoms with van der Waals surface area (Å²) in [5.41, 5.74) is -4.97. The zero-order valence-corrected chi connectivity index (χ0v) is 10.6. The number of aliphatic hydroxyl groups is 2. The number of nitrogens with zero attached hydrogens (tertiary/aromatic N) is 1. The molecule has 3 nitrogen and oxygen atoms in total. The maximum absolute atomic E-state index is 12.7. The van der Waals surface area contributed by atoms with Crippen molar-refractivity contribution >= 4 is 0 Å². The second-order valence-electron chi connectivity index (χ2n) is 4.51. The minimum absolute atomic E-state index is 0.0248. The van der Waals surface area contributed by atoms with Crippen LogP contribution in [0.25, 0.3) is 0 Å². The number of rotatable bonds is 6. The molecule has 0 rings (SSSR count). The van der Waals surface area contributed by atoms with E-state index in [0.29, 0.717) is 0 Å². The third-order valence-electron chi connectivity index (χ3n) is 3.04. The second kappa shape index (κ2) is 6.63. The summed E-state index contributed by atoms with van der Waals surface area (Å²) in [5.74, 6) is -2.44. The Balaban J connectivity index is 5.33. The number of nitriles is 1. The minimum Gasteiger partial charge on any atom is -0.393 e. The van der Waals surface area contributed by atoms with Gasteiger partial charge in [0.2, 0.25) is 0 Å². The molecular formula is C11H15F6NO2. The van der Waals surface area contributed by atoms with Crippen LogP contribution in [0.2, 0.25) is 0 Å². The Morgan fingerprint density at radius 2 is 1.50 bits per heavy atom. The van der Waals surface area contributed by atoms with Crippen LogP contribution in [-0.4, -0.2) is 34.3 Å². The van der Waals surface area contributed by atoms with Gasteiger partial charge in [-0.1, -0.05) is 6.42 Å². The van der Waals surface area contributed by atoms with E-state index >= 15 is 0 Å². The molecule has 0 aromatic heterocycles. The first-order valence-electron chi connectivity index (χ1n) is 5.80. The number of hydrogen-bond donors (Lipinski definition) is 2. The summed E-state index contributed by atoms with van der Waals surface area (Å²) in [7, 11) is 0. The largest absolute Gasteiger partial charge is 0.426 e. The van der Waals surface area contributed by atoms with Crippen LogP contribution in [0, 0.1) is 17.2 Å². The van der Waals surface area contributed by atoms with E-state index in [0.717, 1.165) is 6.92 Å². The van der Waals surface area contributed by atoms with Crippen molar-refractivity contribution in [2.24, 2.45) is 5.92 Å². The Morgan fingerprint density at radius 3 is 1.80 bits per heavy atom. The van der Waals surface area contributed by atoms with E-state index in [2.05, 4.69) is 0 Å². The monoisotopic (exact) mass is 307 g/mol. The summed E-state index contributed by atoms with van der Waals surface area (Å²) in [6.45, 7) is 0.761. The third kappa shape index (κ3) is 3.99. The maximum Gasteiger partial charge on any atom is 0.426 e. The normalized spacial score (nSPS) is 16.6. The summed E-state index contributed by atoms with van der Waals surface area (Å²) >= 11 is 0. The van der Waals surface area contributed by atoms with Gasteiger partial charge < -0.3 is 10.2 Å². The van der Waals surface area contributed by atoms with Gasteiger partial charge in [-0.15, -0.1) is 0 Å². The highest BCUT2D eigenvalue weighted by atomic mass is 19.4. The lowest BCUT2D eigenvalue weighted by Crippen LogP contribution is -2.63. The molecule has 0 saturated carbocycles. The van der Waals surface area contributed by atoms with Gasteiger partial charge >= 0.3 is 12.4 Å². The minimum atomic E-state index is -5.96. The molecule has 0 aliphatic heterocycles. The molecular weight excluding hydrogens is 292 g/mol. The van der Waals surface area contributed by atoms with Crippen LogP contribution in [-0.2, 0) is 0 Å². The second-order valence-corrected chi connectivity index (χ2v) is 4.51. The molecule has 0 saturated heterocycles. The molecule has 118 valence electrons. The molecule has 0 bridgehead atoms. The van der Waals surface area contributed by atoms with Gasteiger partial charge in [-0.3, -0.25) is 0 Å². The zero-order valence-electron chi connectivity index (χ0n) is 10.6. The highest BCUT2D eigenvalue weighted by Gasteiger charge is 2.74. The van der Waals surface area contributed by atoms with Crippen LogP contribution in [0.5, 0.6) is 0 Å². The van der Waals surface area contributed by atoms with Crippen molar-refractivity contribution in [1.29, 1.82) is 5.26 Å². The first kappa shape index (κ1) is 19.0. The Labute approximate surface area is 111 Å². The first-order chi connectivity index (χ1) is 8.89. The lowest BCUT2D eigenvalue weighted by atomic mass is 9.79. The van der Waals surface area contributed by atoms with Crippen LogP contribution in [0.4, 0.5) is 26.3 Å². The van der Waals surface area contributed by atoms with E-state index in [1.54, 1.807) is 6.07 Å². The van der Waals surface area contributed by atoms with Gasteiger partial charge in [0.25, 0.3) is 5.60 Å². The fourth-order valence-electron chi connectivity index (χ4n) is 1.95. The predicted octanol–water partition coefficient (Wildman–Crippen LogP) is 2.92. The molecule has 9 heteroatoms. The molecule has 0 amide bonds. The van der Waals surface area contributed by atoms with Gasteiger partial charge in [-0.25, -0.2) is 0 Å². The molecule has 0 aliphatic rings. The van der Waals surface area contributed by atoms with Gasteiger partial charge in [0.15, 0.2) is 0 Å². The molecule has 0 aromatic carbocycles. The van der Waals surface area contributed by atoms with Gasteiger partial charge in [0.1, 0.15) is 0 Å². The van der Waals surface area contributed by atoms with E-state index < -0.39 is 36.4 Å². The van der Waals surface area contributed by atoms with Crippen molar-refractivity contribution in [3.63, 3.8) is 0 Å². The molecule has 0 fully saturated rings. The highest BCUT2D eigenvalue weighted by Crippen LogP contribution is 2.50.